The number of aliphatic hydroxyl groups is 2. The Morgan fingerprint density at radius 3 is 1.87 bits per heavy atom. The number of aryl methyl sites for hydroxylation is 1. The summed E-state index contributed by atoms with van der Waals surface area (Å²) in [7, 11) is 0. The Kier molecular flexibility index (Phi) is 13.0. The molecule has 10 atom stereocenters. The van der Waals surface area contributed by atoms with E-state index in [1.54, 1.807) is 52.8 Å². The van der Waals surface area contributed by atoms with Crippen molar-refractivity contribution >= 4 is 17.9 Å². The maximum Gasteiger partial charge on any atom is 0.333 e. The summed E-state index contributed by atoms with van der Waals surface area (Å²) >= 11 is 0. The molecule has 0 spiro atoms. The Morgan fingerprint density at radius 1 is 0.787 bits per heavy atom. The molecule has 1 aromatic rings. The first kappa shape index (κ1) is 38.0. The number of esters is 3. The predicted octanol–water partition coefficient (Wildman–Crippen LogP) is 3.49. The number of phenolic OH excluding ortho intramolecular Hbond substituents is 1. The van der Waals surface area contributed by atoms with Crippen LogP contribution in [0, 0.1) is 6.92 Å². The van der Waals surface area contributed by atoms with Gasteiger partial charge in [0.05, 0.1) is 12.2 Å². The minimum Gasteiger partial charge on any atom is -0.504 e. The molecule has 2 heterocycles. The lowest BCUT2D eigenvalue weighted by molar-refractivity contribution is -0.348. The van der Waals surface area contributed by atoms with Gasteiger partial charge in [0.1, 0.15) is 18.3 Å². The Hall–Kier alpha value is -3.49. The first-order valence-electron chi connectivity index (χ1n) is 15.7. The number of phenols is 1. The van der Waals surface area contributed by atoms with E-state index >= 15 is 0 Å². The minimum atomic E-state index is -1.71. The normalized spacial score (nSPS) is 31.7. The summed E-state index contributed by atoms with van der Waals surface area (Å²) in [4.78, 5) is 38.2. The number of rotatable bonds is 10. The van der Waals surface area contributed by atoms with Crippen LogP contribution in [0.5, 0.6) is 11.5 Å². The maximum atomic E-state index is 13.3. The van der Waals surface area contributed by atoms with Gasteiger partial charge in [-0.3, -0.25) is 4.79 Å². The lowest BCUT2D eigenvalue weighted by atomic mass is 9.96. The number of hydrogen-bond donors (Lipinski definition) is 3. The fourth-order valence-corrected chi connectivity index (χ4v) is 5.15. The fourth-order valence-electron chi connectivity index (χ4n) is 5.15. The highest BCUT2D eigenvalue weighted by atomic mass is 16.8. The van der Waals surface area contributed by atoms with E-state index in [0.717, 1.165) is 6.92 Å². The molecule has 2 aliphatic heterocycles. The van der Waals surface area contributed by atoms with Crippen molar-refractivity contribution in [2.75, 3.05) is 0 Å². The first-order chi connectivity index (χ1) is 22.0. The molecule has 0 radical (unpaired) electrons. The van der Waals surface area contributed by atoms with Crippen LogP contribution < -0.4 is 4.74 Å². The van der Waals surface area contributed by atoms with Gasteiger partial charge in [0, 0.05) is 23.6 Å². The summed E-state index contributed by atoms with van der Waals surface area (Å²) in [6.07, 6.45) is -10.5. The monoisotopic (exact) mass is 664 g/mol. The van der Waals surface area contributed by atoms with E-state index in [1.807, 2.05) is 13.8 Å². The molecule has 0 amide bonds. The van der Waals surface area contributed by atoms with Gasteiger partial charge in [0.2, 0.25) is 6.29 Å². The van der Waals surface area contributed by atoms with Crippen molar-refractivity contribution in [1.29, 1.82) is 0 Å². The molecule has 3 rings (SSSR count). The number of hydrogen-bond acceptors (Lipinski definition) is 13. The molecule has 47 heavy (non-hydrogen) atoms. The van der Waals surface area contributed by atoms with Crippen molar-refractivity contribution in [2.45, 2.75) is 137 Å². The second kappa shape index (κ2) is 16.1. The van der Waals surface area contributed by atoms with E-state index in [4.69, 9.17) is 33.2 Å². The van der Waals surface area contributed by atoms with Crippen molar-refractivity contribution in [3.8, 4) is 11.5 Å². The summed E-state index contributed by atoms with van der Waals surface area (Å²) in [5, 5.41) is 32.9. The highest BCUT2D eigenvalue weighted by molar-refractivity contribution is 5.88. The zero-order chi connectivity index (χ0) is 35.3. The molecule has 0 unspecified atom stereocenters. The lowest BCUT2D eigenvalue weighted by Gasteiger charge is -2.47. The van der Waals surface area contributed by atoms with E-state index in [-0.39, 0.29) is 28.6 Å². The summed E-state index contributed by atoms with van der Waals surface area (Å²) in [6.45, 7) is 16.1. The van der Waals surface area contributed by atoms with Gasteiger partial charge in [-0.1, -0.05) is 38.1 Å². The average molecular weight is 665 g/mol. The molecule has 0 bridgehead atoms. The molecular formula is C34H48O13. The number of aliphatic hydroxyl groups excluding tert-OH is 2. The van der Waals surface area contributed by atoms with Crippen molar-refractivity contribution < 1.29 is 62.9 Å². The molecule has 3 N–H and O–H groups in total. The third-order valence-electron chi connectivity index (χ3n) is 8.32. The molecule has 0 aromatic heterocycles. The first-order valence-corrected chi connectivity index (χ1v) is 15.7. The van der Waals surface area contributed by atoms with E-state index in [0.29, 0.717) is 11.1 Å². The third-order valence-corrected chi connectivity index (χ3v) is 8.32. The highest BCUT2D eigenvalue weighted by Crippen LogP contribution is 2.41. The van der Waals surface area contributed by atoms with Crippen molar-refractivity contribution in [3.05, 3.63) is 46.6 Å². The summed E-state index contributed by atoms with van der Waals surface area (Å²) in [5.74, 6) is -2.37. The number of allylic oxidation sites excluding steroid dienone is 2. The van der Waals surface area contributed by atoms with Crippen LogP contribution in [0.4, 0.5) is 0 Å². The number of benzene rings is 1. The molecule has 13 heteroatoms. The molecule has 2 saturated heterocycles. The van der Waals surface area contributed by atoms with Gasteiger partial charge in [-0.05, 0) is 59.9 Å². The standard InChI is InChI=1S/C34H48O13/c1-11-16(5)31(39)44-26-20(9)42-34(46-27-22(15(3)4)14-13-18(7)23(27)36)30(45-32(40)17(6)12-2)29(26)47-33-25(38)28(43-21(10)35)24(37)19(8)41-33/h11-15,19-20,24-26,28-30,33-34,36-38H,1-10H3/b16-11-,17-12-/t19-,20-,24+,25-,26-,28+,29+,30-,33+,34+/m1/s1. The molecule has 262 valence electrons. The minimum absolute atomic E-state index is 0.0924. The summed E-state index contributed by atoms with van der Waals surface area (Å²) in [6, 6.07) is 3.55. The second-order valence-electron chi connectivity index (χ2n) is 12.2. The van der Waals surface area contributed by atoms with Crippen LogP contribution in [0.2, 0.25) is 0 Å². The van der Waals surface area contributed by atoms with Crippen LogP contribution in [0.3, 0.4) is 0 Å². The zero-order valence-corrected chi connectivity index (χ0v) is 28.6. The average Bonchev–Trinajstić information content (AvgIpc) is 3.02. The van der Waals surface area contributed by atoms with Crippen molar-refractivity contribution in [1.82, 2.24) is 0 Å². The van der Waals surface area contributed by atoms with Crippen LogP contribution in [-0.2, 0) is 42.8 Å². The molecule has 0 aliphatic carbocycles. The Bertz CT molecular complexity index is 1350. The van der Waals surface area contributed by atoms with Gasteiger partial charge in [0.25, 0.3) is 0 Å². The molecule has 2 aliphatic rings. The molecule has 0 saturated carbocycles. The topological polar surface area (TPSA) is 177 Å². The largest absolute Gasteiger partial charge is 0.504 e. The highest BCUT2D eigenvalue weighted by Gasteiger charge is 2.55. The maximum absolute atomic E-state index is 13.3. The summed E-state index contributed by atoms with van der Waals surface area (Å²) < 4.78 is 41.6. The van der Waals surface area contributed by atoms with Gasteiger partial charge in [-0.25, -0.2) is 9.59 Å². The number of aromatic hydroxyl groups is 1. The number of carbonyl (C=O) groups excluding carboxylic acids is 3. The second-order valence-corrected chi connectivity index (χ2v) is 12.2. The van der Waals surface area contributed by atoms with Crippen LogP contribution in [-0.4, -0.2) is 94.6 Å². The van der Waals surface area contributed by atoms with E-state index in [9.17, 15) is 29.7 Å². The van der Waals surface area contributed by atoms with Crippen LogP contribution >= 0.6 is 0 Å². The number of ether oxygens (including phenoxy) is 7. The molecular weight excluding hydrogens is 616 g/mol. The fraction of sp³-hybridized carbons (Fsp3) is 0.618. The van der Waals surface area contributed by atoms with Gasteiger partial charge >= 0.3 is 17.9 Å². The van der Waals surface area contributed by atoms with Gasteiger partial charge < -0.3 is 48.5 Å². The predicted molar refractivity (Wildman–Crippen MR) is 167 cm³/mol. The van der Waals surface area contributed by atoms with Crippen LogP contribution in [0.1, 0.15) is 79.4 Å². The van der Waals surface area contributed by atoms with Gasteiger partial charge in [-0.15, -0.1) is 0 Å². The quantitative estimate of drug-likeness (QED) is 0.188. The molecule has 13 nitrogen and oxygen atoms in total. The van der Waals surface area contributed by atoms with Crippen LogP contribution in [0.25, 0.3) is 0 Å². The number of carbonyl (C=O) groups is 3. The lowest BCUT2D eigenvalue weighted by Crippen LogP contribution is -2.65. The van der Waals surface area contributed by atoms with Crippen LogP contribution in [0.15, 0.2) is 35.4 Å². The Labute approximate surface area is 275 Å². The molecule has 2 fully saturated rings. The van der Waals surface area contributed by atoms with Gasteiger partial charge in [0.15, 0.2) is 36.1 Å². The van der Waals surface area contributed by atoms with E-state index in [2.05, 4.69) is 0 Å². The Morgan fingerprint density at radius 2 is 1.34 bits per heavy atom. The Balaban J connectivity index is 2.17. The third kappa shape index (κ3) is 8.71. The van der Waals surface area contributed by atoms with E-state index in [1.165, 1.54) is 19.9 Å². The SMILES string of the molecule is C/C=C(/C)C(=O)O[C@H]1[C@H](Oc2c(C(C)C)ccc(C)c2O)O[C@H](C)[C@@H](OC(=O)/C(C)=C\C)[C@@H]1O[C@@H]1O[C@H](C)[C@H](O)[C@H](OC(C)=O)[C@H]1O. The summed E-state index contributed by atoms with van der Waals surface area (Å²) in [5.41, 5.74) is 1.68. The molecule has 1 aromatic carbocycles. The smallest absolute Gasteiger partial charge is 0.333 e. The van der Waals surface area contributed by atoms with E-state index < -0.39 is 79.3 Å². The van der Waals surface area contributed by atoms with Gasteiger partial charge in [-0.2, -0.15) is 0 Å². The van der Waals surface area contributed by atoms with Crippen molar-refractivity contribution in [2.24, 2.45) is 0 Å². The van der Waals surface area contributed by atoms with Crippen molar-refractivity contribution in [3.63, 3.8) is 0 Å². The zero-order valence-electron chi connectivity index (χ0n) is 28.6.